The summed E-state index contributed by atoms with van der Waals surface area (Å²) in [5.74, 6) is -0.212. The van der Waals surface area contributed by atoms with Crippen molar-refractivity contribution in [1.29, 1.82) is 5.26 Å². The summed E-state index contributed by atoms with van der Waals surface area (Å²) in [6, 6.07) is 12.0. The van der Waals surface area contributed by atoms with Crippen molar-refractivity contribution in [2.24, 2.45) is 5.73 Å². The number of phenols is 1. The second kappa shape index (κ2) is 8.91. The summed E-state index contributed by atoms with van der Waals surface area (Å²) in [4.78, 5) is 0. The SMILES string of the molecule is CCc1ccc(Cc2cc([C@@H]3O[C@H](CO)[C@@H](O)[C@H](N)[C@H]3O)c(O)cc2C#N)cc1. The number of phenolic OH excluding ortho intramolecular Hbond substituents is 1. The van der Waals surface area contributed by atoms with Gasteiger partial charge in [-0.25, -0.2) is 0 Å². The first-order chi connectivity index (χ1) is 13.9. The summed E-state index contributed by atoms with van der Waals surface area (Å²) in [7, 11) is 0. The lowest BCUT2D eigenvalue weighted by molar-refractivity contribution is -0.191. The highest BCUT2D eigenvalue weighted by molar-refractivity contribution is 5.50. The van der Waals surface area contributed by atoms with E-state index >= 15 is 0 Å². The van der Waals surface area contributed by atoms with E-state index < -0.39 is 37.1 Å². The quantitative estimate of drug-likeness (QED) is 0.504. The molecular weight excluding hydrogens is 372 g/mol. The minimum Gasteiger partial charge on any atom is -0.508 e. The van der Waals surface area contributed by atoms with E-state index in [0.29, 0.717) is 17.5 Å². The molecule has 0 aromatic heterocycles. The van der Waals surface area contributed by atoms with E-state index in [-0.39, 0.29) is 11.3 Å². The van der Waals surface area contributed by atoms with Crippen LogP contribution in [0.2, 0.25) is 0 Å². The fraction of sp³-hybridized carbons (Fsp3) is 0.409. The van der Waals surface area contributed by atoms with Crippen LogP contribution in [0.4, 0.5) is 0 Å². The maximum Gasteiger partial charge on any atom is 0.122 e. The Balaban J connectivity index is 1.97. The molecule has 7 heteroatoms. The van der Waals surface area contributed by atoms with Crippen LogP contribution >= 0.6 is 0 Å². The van der Waals surface area contributed by atoms with Crippen molar-refractivity contribution in [3.63, 3.8) is 0 Å². The van der Waals surface area contributed by atoms with Crippen molar-refractivity contribution < 1.29 is 25.2 Å². The van der Waals surface area contributed by atoms with Crippen LogP contribution in [-0.4, -0.2) is 51.4 Å². The molecule has 3 rings (SSSR count). The molecule has 2 aromatic carbocycles. The Hall–Kier alpha value is -2.47. The zero-order chi connectivity index (χ0) is 21.1. The van der Waals surface area contributed by atoms with Gasteiger partial charge < -0.3 is 30.9 Å². The van der Waals surface area contributed by atoms with E-state index in [0.717, 1.165) is 12.0 Å². The smallest absolute Gasteiger partial charge is 0.122 e. The van der Waals surface area contributed by atoms with Gasteiger partial charge in [-0.2, -0.15) is 5.26 Å². The molecule has 0 spiro atoms. The molecule has 1 saturated heterocycles. The Bertz CT molecular complexity index is 891. The first-order valence-corrected chi connectivity index (χ1v) is 9.61. The van der Waals surface area contributed by atoms with Gasteiger partial charge in [-0.1, -0.05) is 31.2 Å². The maximum absolute atomic E-state index is 10.5. The summed E-state index contributed by atoms with van der Waals surface area (Å²) in [5, 5.41) is 49.9. The number of nitrogens with two attached hydrogens (primary N) is 1. The van der Waals surface area contributed by atoms with Crippen LogP contribution in [0.1, 0.15) is 40.8 Å². The lowest BCUT2D eigenvalue weighted by Gasteiger charge is -2.41. The number of nitrogens with zero attached hydrogens (tertiary/aromatic N) is 1. The second-order valence-electron chi connectivity index (χ2n) is 7.36. The first kappa shape index (κ1) is 21.2. The van der Waals surface area contributed by atoms with Crippen LogP contribution in [0.3, 0.4) is 0 Å². The van der Waals surface area contributed by atoms with Gasteiger partial charge in [-0.15, -0.1) is 0 Å². The molecular formula is C22H26N2O5. The van der Waals surface area contributed by atoms with Crippen molar-refractivity contribution >= 4 is 0 Å². The fourth-order valence-electron chi connectivity index (χ4n) is 3.65. The number of aliphatic hydroxyl groups excluding tert-OH is 3. The highest BCUT2D eigenvalue weighted by atomic mass is 16.5. The average molecular weight is 398 g/mol. The predicted octanol–water partition coefficient (Wildman–Crippen LogP) is 0.898. The molecule has 154 valence electrons. The van der Waals surface area contributed by atoms with Crippen molar-refractivity contribution in [2.75, 3.05) is 6.61 Å². The maximum atomic E-state index is 10.5. The molecule has 0 unspecified atom stereocenters. The molecule has 1 aliphatic rings. The van der Waals surface area contributed by atoms with Crippen LogP contribution < -0.4 is 5.73 Å². The number of rotatable bonds is 5. The highest BCUT2D eigenvalue weighted by Gasteiger charge is 2.43. The van der Waals surface area contributed by atoms with Gasteiger partial charge in [0.05, 0.1) is 24.3 Å². The molecule has 2 aromatic rings. The number of aliphatic hydroxyl groups is 3. The Morgan fingerprint density at radius 2 is 1.76 bits per heavy atom. The molecule has 1 fully saturated rings. The molecule has 0 aliphatic carbocycles. The number of hydrogen-bond acceptors (Lipinski definition) is 7. The molecule has 0 bridgehead atoms. The van der Waals surface area contributed by atoms with Gasteiger partial charge in [0.2, 0.25) is 0 Å². The van der Waals surface area contributed by atoms with Gasteiger partial charge in [0.25, 0.3) is 0 Å². The Kier molecular flexibility index (Phi) is 6.52. The number of aryl methyl sites for hydroxylation is 1. The highest BCUT2D eigenvalue weighted by Crippen LogP contribution is 2.37. The van der Waals surface area contributed by atoms with Crippen molar-refractivity contribution in [3.05, 3.63) is 64.2 Å². The average Bonchev–Trinajstić information content (AvgIpc) is 2.74. The number of benzene rings is 2. The van der Waals surface area contributed by atoms with E-state index in [1.807, 2.05) is 24.3 Å². The van der Waals surface area contributed by atoms with Crippen molar-refractivity contribution in [2.45, 2.75) is 50.2 Å². The fourth-order valence-corrected chi connectivity index (χ4v) is 3.65. The normalized spacial score (nSPS) is 26.8. The van der Waals surface area contributed by atoms with Gasteiger partial charge in [0.1, 0.15) is 30.2 Å². The molecule has 6 N–H and O–H groups in total. The molecule has 1 aliphatic heterocycles. The minimum atomic E-state index is -1.29. The molecule has 0 saturated carbocycles. The molecule has 1 heterocycles. The topological polar surface area (TPSA) is 140 Å². The largest absolute Gasteiger partial charge is 0.508 e. The van der Waals surface area contributed by atoms with E-state index in [2.05, 4.69) is 13.0 Å². The van der Waals surface area contributed by atoms with Gasteiger partial charge in [-0.05, 0) is 41.7 Å². The monoisotopic (exact) mass is 398 g/mol. The number of ether oxygens (including phenoxy) is 1. The van der Waals surface area contributed by atoms with E-state index in [1.54, 1.807) is 6.07 Å². The third kappa shape index (κ3) is 4.27. The predicted molar refractivity (Wildman–Crippen MR) is 106 cm³/mol. The van der Waals surface area contributed by atoms with Gasteiger partial charge in [-0.3, -0.25) is 0 Å². The third-order valence-corrected chi connectivity index (χ3v) is 5.49. The summed E-state index contributed by atoms with van der Waals surface area (Å²) in [6.07, 6.45) is -3.16. The van der Waals surface area contributed by atoms with Crippen LogP contribution in [0.5, 0.6) is 5.75 Å². The van der Waals surface area contributed by atoms with Crippen molar-refractivity contribution in [3.8, 4) is 11.8 Å². The summed E-state index contributed by atoms with van der Waals surface area (Å²) < 4.78 is 5.63. The zero-order valence-electron chi connectivity index (χ0n) is 16.2. The van der Waals surface area contributed by atoms with E-state index in [1.165, 1.54) is 11.6 Å². The van der Waals surface area contributed by atoms with E-state index in [4.69, 9.17) is 10.5 Å². The van der Waals surface area contributed by atoms with Crippen LogP contribution in [0, 0.1) is 11.3 Å². The van der Waals surface area contributed by atoms with Crippen LogP contribution in [0.25, 0.3) is 0 Å². The summed E-state index contributed by atoms with van der Waals surface area (Å²) in [5.41, 5.74) is 9.34. The molecule has 7 nitrogen and oxygen atoms in total. The van der Waals surface area contributed by atoms with Gasteiger partial charge >= 0.3 is 0 Å². The van der Waals surface area contributed by atoms with Crippen LogP contribution in [-0.2, 0) is 17.6 Å². The van der Waals surface area contributed by atoms with E-state index in [9.17, 15) is 25.7 Å². The first-order valence-electron chi connectivity index (χ1n) is 9.61. The van der Waals surface area contributed by atoms with Gasteiger partial charge in [0, 0.05) is 5.56 Å². The Morgan fingerprint density at radius 1 is 1.10 bits per heavy atom. The standard InChI is InChI=1S/C22H26N2O5/c1-2-12-3-5-13(6-4-12)7-14-8-16(17(26)9-15(14)10-23)22-21(28)19(24)20(27)18(11-25)29-22/h3-6,8-9,18-22,25-28H,2,7,11,24H2,1H3/t18-,19+,20-,21-,22+/m1/s1. The summed E-state index contributed by atoms with van der Waals surface area (Å²) >= 11 is 0. The lowest BCUT2D eigenvalue weighted by Crippen LogP contribution is -2.59. The minimum absolute atomic E-state index is 0.212. The number of hydrogen-bond donors (Lipinski definition) is 5. The number of aromatic hydroxyl groups is 1. The second-order valence-corrected chi connectivity index (χ2v) is 7.36. The van der Waals surface area contributed by atoms with Crippen molar-refractivity contribution in [1.82, 2.24) is 0 Å². The Morgan fingerprint density at radius 3 is 2.34 bits per heavy atom. The molecule has 29 heavy (non-hydrogen) atoms. The van der Waals surface area contributed by atoms with Crippen LogP contribution in [0.15, 0.2) is 36.4 Å². The molecule has 5 atom stereocenters. The lowest BCUT2D eigenvalue weighted by atomic mass is 9.87. The Labute approximate surface area is 169 Å². The number of nitriles is 1. The molecule has 0 radical (unpaired) electrons. The van der Waals surface area contributed by atoms with Gasteiger partial charge in [0.15, 0.2) is 0 Å². The third-order valence-electron chi connectivity index (χ3n) is 5.49. The summed E-state index contributed by atoms with van der Waals surface area (Å²) in [6.45, 7) is 1.59. The molecule has 0 amide bonds. The zero-order valence-corrected chi connectivity index (χ0v) is 16.2.